The molecule has 1 unspecified atom stereocenters. The van der Waals surface area contributed by atoms with E-state index in [1.807, 2.05) is 30.5 Å². The van der Waals surface area contributed by atoms with Crippen LogP contribution in [0.25, 0.3) is 0 Å². The van der Waals surface area contributed by atoms with Gasteiger partial charge in [-0.1, -0.05) is 30.7 Å². The number of allylic oxidation sites excluding steroid dienone is 1. The molecule has 0 bridgehead atoms. The number of hydrogen-bond acceptors (Lipinski definition) is 9. The molecule has 0 aromatic heterocycles. The summed E-state index contributed by atoms with van der Waals surface area (Å²) in [5.74, 6) is -0.464. The third kappa shape index (κ3) is 9.81. The Balaban J connectivity index is 0.925. The molecule has 5 rings (SSSR count). The van der Waals surface area contributed by atoms with E-state index in [0.29, 0.717) is 13.0 Å². The minimum absolute atomic E-state index is 0.0262. The molecule has 1 aromatic carbocycles. The van der Waals surface area contributed by atoms with Gasteiger partial charge in [0.15, 0.2) is 5.78 Å². The van der Waals surface area contributed by atoms with Crippen LogP contribution < -0.4 is 16.8 Å². The Kier molecular flexibility index (Phi) is 11.3. The number of nitrogens with two attached hydrogens (primary N) is 2. The summed E-state index contributed by atoms with van der Waals surface area (Å²) in [5.41, 5.74) is 12.4. The summed E-state index contributed by atoms with van der Waals surface area (Å²) in [4.78, 5) is 51.2. The van der Waals surface area contributed by atoms with E-state index in [4.69, 9.17) is 21.5 Å². The van der Waals surface area contributed by atoms with Crippen molar-refractivity contribution < 1.29 is 14.4 Å². The third-order valence-electron chi connectivity index (χ3n) is 9.73. The molecule has 2 amide bonds. The van der Waals surface area contributed by atoms with Gasteiger partial charge in [0.05, 0.1) is 12.8 Å². The van der Waals surface area contributed by atoms with Gasteiger partial charge >= 0.3 is 0 Å². The maximum absolute atomic E-state index is 12.6. The maximum Gasteiger partial charge on any atom is 0.241 e. The number of carbonyl (C=O) groups is 3. The van der Waals surface area contributed by atoms with Crippen LogP contribution in [0, 0.1) is 11.3 Å². The molecule has 45 heavy (non-hydrogen) atoms. The van der Waals surface area contributed by atoms with Crippen molar-refractivity contribution in [3.63, 3.8) is 0 Å². The Labute approximate surface area is 271 Å². The Morgan fingerprint density at radius 2 is 1.87 bits per heavy atom. The van der Waals surface area contributed by atoms with Gasteiger partial charge in [-0.15, -0.1) is 0 Å². The highest BCUT2D eigenvalue weighted by Crippen LogP contribution is 2.48. The lowest BCUT2D eigenvalue weighted by Gasteiger charge is -2.48. The first kappa shape index (κ1) is 33.5. The summed E-state index contributed by atoms with van der Waals surface area (Å²) in [6.07, 6.45) is 14.0. The quantitative estimate of drug-likeness (QED) is 0.219. The molecule has 244 valence electrons. The van der Waals surface area contributed by atoms with Crippen molar-refractivity contribution in [1.82, 2.24) is 9.80 Å². The van der Waals surface area contributed by atoms with Gasteiger partial charge in [-0.05, 0) is 88.1 Å². The van der Waals surface area contributed by atoms with Gasteiger partial charge in [0.2, 0.25) is 11.8 Å². The summed E-state index contributed by atoms with van der Waals surface area (Å²) < 4.78 is 0. The highest BCUT2D eigenvalue weighted by molar-refractivity contribution is 8.15. The number of hydrogen-bond donors (Lipinski definition) is 3. The molecule has 1 saturated carbocycles. The van der Waals surface area contributed by atoms with Crippen molar-refractivity contribution in [2.24, 2.45) is 32.8 Å². The number of unbranched alkanes of at least 4 members (excludes halogenated alkanes) is 3. The lowest BCUT2D eigenvalue weighted by atomic mass is 9.77. The van der Waals surface area contributed by atoms with Crippen LogP contribution in [0.2, 0.25) is 0 Å². The van der Waals surface area contributed by atoms with E-state index in [-0.39, 0.29) is 34.7 Å². The second-order valence-corrected chi connectivity index (χ2v) is 14.9. The van der Waals surface area contributed by atoms with Gasteiger partial charge < -0.3 is 21.7 Å². The number of ketones is 1. The van der Waals surface area contributed by atoms with Crippen molar-refractivity contribution in [3.8, 4) is 0 Å². The van der Waals surface area contributed by atoms with Crippen LogP contribution in [-0.4, -0.2) is 89.6 Å². The van der Waals surface area contributed by atoms with Crippen LogP contribution in [0.1, 0.15) is 71.1 Å². The maximum atomic E-state index is 12.6. The minimum Gasteiger partial charge on any atom is -0.366 e. The molecule has 11 heteroatoms. The molecule has 3 aliphatic heterocycles. The zero-order valence-electron chi connectivity index (χ0n) is 26.6. The number of aliphatic imine (C=N–C) groups is 2. The number of thioether (sulfide) groups is 1. The van der Waals surface area contributed by atoms with Crippen LogP contribution >= 0.6 is 11.8 Å². The molecular weight excluding hydrogens is 586 g/mol. The van der Waals surface area contributed by atoms with Crippen LogP contribution in [0.15, 0.2) is 51.3 Å². The Morgan fingerprint density at radius 3 is 2.60 bits per heavy atom. The van der Waals surface area contributed by atoms with Crippen molar-refractivity contribution in [2.45, 2.75) is 87.7 Å². The van der Waals surface area contributed by atoms with Crippen molar-refractivity contribution in [1.29, 1.82) is 0 Å². The Morgan fingerprint density at radius 1 is 1.09 bits per heavy atom. The molecule has 1 aliphatic carbocycles. The first-order valence-corrected chi connectivity index (χ1v) is 17.3. The van der Waals surface area contributed by atoms with Crippen LogP contribution in [0.5, 0.6) is 0 Å². The highest BCUT2D eigenvalue weighted by atomic mass is 32.2. The molecular formula is C34H49N7O3S. The molecule has 0 radical (unpaired) electrons. The number of benzene rings is 1. The molecule has 1 spiro atoms. The van der Waals surface area contributed by atoms with E-state index < -0.39 is 5.91 Å². The number of likely N-dealkylation sites (tertiary alicyclic amines) is 2. The van der Waals surface area contributed by atoms with E-state index in [0.717, 1.165) is 106 Å². The van der Waals surface area contributed by atoms with Gasteiger partial charge in [0.1, 0.15) is 11.2 Å². The van der Waals surface area contributed by atoms with Gasteiger partial charge in [0.25, 0.3) is 0 Å². The van der Waals surface area contributed by atoms with Gasteiger partial charge in [-0.25, -0.2) is 0 Å². The smallest absolute Gasteiger partial charge is 0.241 e. The number of nitrogens with one attached hydrogen (secondary N) is 1. The minimum atomic E-state index is -0.573. The van der Waals surface area contributed by atoms with E-state index in [9.17, 15) is 14.4 Å². The van der Waals surface area contributed by atoms with Crippen molar-refractivity contribution >= 4 is 46.3 Å². The first-order chi connectivity index (χ1) is 21.6. The van der Waals surface area contributed by atoms with Crippen LogP contribution in [0.4, 0.5) is 5.69 Å². The second-order valence-electron chi connectivity index (χ2n) is 13.8. The number of nitrogens with zero attached hydrogens (tertiary/aromatic N) is 4. The lowest BCUT2D eigenvalue weighted by molar-refractivity contribution is -0.119. The molecule has 3 heterocycles. The summed E-state index contributed by atoms with van der Waals surface area (Å²) in [6.45, 7) is 7.90. The van der Waals surface area contributed by atoms with Crippen LogP contribution in [-0.2, 0) is 14.4 Å². The number of primary amides is 1. The van der Waals surface area contributed by atoms with E-state index in [2.05, 4.69) is 22.0 Å². The fourth-order valence-corrected chi connectivity index (χ4v) is 7.89. The lowest BCUT2D eigenvalue weighted by Crippen LogP contribution is -2.55. The average molecular weight is 636 g/mol. The number of piperidine rings is 1. The average Bonchev–Trinajstić information content (AvgIpc) is 3.44. The summed E-state index contributed by atoms with van der Waals surface area (Å²) in [7, 11) is 0. The van der Waals surface area contributed by atoms with Crippen molar-refractivity contribution in [2.75, 3.05) is 44.6 Å². The predicted octanol–water partition coefficient (Wildman–Crippen LogP) is 4.00. The fourth-order valence-electron chi connectivity index (χ4n) is 7.06. The van der Waals surface area contributed by atoms with Crippen LogP contribution in [0.3, 0.4) is 0 Å². The second kappa shape index (κ2) is 15.2. The molecule has 2 atom stereocenters. The zero-order chi connectivity index (χ0) is 31.9. The third-order valence-corrected chi connectivity index (χ3v) is 10.7. The standard InChI is InChI=1S/C34H49N7O3S/c1-33(36)14-17-41(18-15-33)30-21-38-32(22-37-30)45-27-8-6-7-26(19-27)39-31(44)9-4-2-3-5-16-40-23-34(24-40)13-12-25(20-34)28(42)10-11-29(35)43/h6-8,10-11,19,22,25,30H,2-5,9,12-18,20-21,23-24,36H2,1H3,(H2,35,43)(H,39,44)/b11-10+/t25-,30?/m0/s1. The monoisotopic (exact) mass is 635 g/mol. The number of carbonyl (C=O) groups excluding carboxylic acids is 3. The molecule has 4 aliphatic rings. The van der Waals surface area contributed by atoms with E-state index in [1.54, 1.807) is 11.8 Å². The van der Waals surface area contributed by atoms with E-state index >= 15 is 0 Å². The Hall–Kier alpha value is -2.86. The summed E-state index contributed by atoms with van der Waals surface area (Å²) >= 11 is 1.57. The first-order valence-electron chi connectivity index (χ1n) is 16.5. The molecule has 3 fully saturated rings. The fraction of sp³-hybridized carbons (Fsp3) is 0.618. The highest BCUT2D eigenvalue weighted by Gasteiger charge is 2.48. The SMILES string of the molecule is CC1(N)CCN(C2CN=C(Sc3cccc(NC(=O)CCCCCCN4CC5(CC[C@H](C(=O)/C=C/C(N)=O)C5)C4)c3)C=N2)CC1. The number of amides is 2. The number of anilines is 1. The molecule has 2 saturated heterocycles. The van der Waals surface area contributed by atoms with Gasteiger partial charge in [0, 0.05) is 60.7 Å². The van der Waals surface area contributed by atoms with Gasteiger partial charge in [-0.2, -0.15) is 0 Å². The number of rotatable bonds is 13. The largest absolute Gasteiger partial charge is 0.366 e. The van der Waals surface area contributed by atoms with Crippen molar-refractivity contribution in [3.05, 3.63) is 36.4 Å². The summed E-state index contributed by atoms with van der Waals surface area (Å²) in [6, 6.07) is 7.92. The topological polar surface area (TPSA) is 146 Å². The molecule has 1 aromatic rings. The summed E-state index contributed by atoms with van der Waals surface area (Å²) in [5, 5.41) is 3.94. The molecule has 5 N–H and O–H groups in total. The molecule has 10 nitrogen and oxygen atoms in total. The van der Waals surface area contributed by atoms with E-state index in [1.165, 1.54) is 12.2 Å². The normalized spacial score (nSPS) is 24.4. The zero-order valence-corrected chi connectivity index (χ0v) is 27.4. The Bertz CT molecular complexity index is 1310. The van der Waals surface area contributed by atoms with Gasteiger partial charge in [-0.3, -0.25) is 29.3 Å². The predicted molar refractivity (Wildman–Crippen MR) is 182 cm³/mol.